The third-order valence-electron chi connectivity index (χ3n) is 10.2. The number of phenolic OH excluding ortho intramolecular Hbond substituents is 1. The van der Waals surface area contributed by atoms with Crippen LogP contribution in [0.5, 0.6) is 5.75 Å². The molecule has 4 atom stereocenters. The zero-order chi connectivity index (χ0) is 43.4. The van der Waals surface area contributed by atoms with Gasteiger partial charge in [0.05, 0.1) is 6.54 Å². The Morgan fingerprint density at radius 1 is 0.542 bits per heavy atom. The first kappa shape index (κ1) is 50.2. The van der Waals surface area contributed by atoms with E-state index in [4.69, 9.17) is 0 Å². The van der Waals surface area contributed by atoms with Gasteiger partial charge in [-0.05, 0) is 48.9 Å². The van der Waals surface area contributed by atoms with E-state index in [9.17, 15) is 33.9 Å². The molecular weight excluding hydrogens is 749 g/mol. The van der Waals surface area contributed by atoms with Crippen molar-refractivity contribution < 1.29 is 33.9 Å². The van der Waals surface area contributed by atoms with Gasteiger partial charge in [-0.1, -0.05) is 140 Å². The van der Waals surface area contributed by atoms with Crippen LogP contribution in [-0.2, 0) is 41.6 Å². The minimum absolute atomic E-state index is 0.00165. The number of aromatic hydroxyl groups is 1. The molecule has 2 aromatic carbocycles. The summed E-state index contributed by atoms with van der Waals surface area (Å²) >= 11 is 0. The number of phenols is 1. The van der Waals surface area contributed by atoms with Gasteiger partial charge in [0.25, 0.3) is 0 Å². The molecule has 1 unspecified atom stereocenters. The molecule has 2 aromatic rings. The molecule has 13 heteroatoms. The Kier molecular flexibility index (Phi) is 24.9. The zero-order valence-electron chi connectivity index (χ0n) is 36.2. The van der Waals surface area contributed by atoms with Gasteiger partial charge in [0, 0.05) is 26.3 Å². The summed E-state index contributed by atoms with van der Waals surface area (Å²) < 4.78 is 0. The lowest BCUT2D eigenvalue weighted by molar-refractivity contribution is -0.134. The molecule has 0 aliphatic carbocycles. The first-order valence-corrected chi connectivity index (χ1v) is 21.8. The third-order valence-corrected chi connectivity index (χ3v) is 10.2. The van der Waals surface area contributed by atoms with Gasteiger partial charge in [0.1, 0.15) is 29.9 Å². The van der Waals surface area contributed by atoms with Crippen molar-refractivity contribution in [1.82, 2.24) is 31.9 Å². The quantitative estimate of drug-likeness (QED) is 0.0504. The summed E-state index contributed by atoms with van der Waals surface area (Å²) in [6.45, 7) is 7.34. The Morgan fingerprint density at radius 3 is 1.58 bits per heavy atom. The highest BCUT2D eigenvalue weighted by atomic mass is 16.3. The number of carbonyl (C=O) groups is 6. The Morgan fingerprint density at radius 2 is 1.03 bits per heavy atom. The summed E-state index contributed by atoms with van der Waals surface area (Å²) in [7, 11) is 1.44. The van der Waals surface area contributed by atoms with Gasteiger partial charge < -0.3 is 37.0 Å². The van der Waals surface area contributed by atoms with Crippen molar-refractivity contribution >= 4 is 35.4 Å². The van der Waals surface area contributed by atoms with Crippen molar-refractivity contribution in [3.05, 3.63) is 65.7 Å². The molecular formula is C46H72N6O7. The van der Waals surface area contributed by atoms with E-state index < -0.39 is 53.7 Å². The fourth-order valence-corrected chi connectivity index (χ4v) is 6.74. The smallest absolute Gasteiger partial charge is 0.243 e. The maximum absolute atomic E-state index is 13.9. The monoisotopic (exact) mass is 821 g/mol. The van der Waals surface area contributed by atoms with Crippen molar-refractivity contribution in [1.29, 1.82) is 0 Å². The summed E-state index contributed by atoms with van der Waals surface area (Å²) in [4.78, 5) is 79.1. The number of amides is 6. The van der Waals surface area contributed by atoms with Crippen molar-refractivity contribution in [2.75, 3.05) is 13.6 Å². The van der Waals surface area contributed by atoms with Crippen LogP contribution in [0, 0.1) is 5.92 Å². The lowest BCUT2D eigenvalue weighted by atomic mass is 10.0. The Labute approximate surface area is 352 Å². The predicted molar refractivity (Wildman–Crippen MR) is 232 cm³/mol. The van der Waals surface area contributed by atoms with Crippen molar-refractivity contribution in [2.45, 2.75) is 161 Å². The molecule has 0 aliphatic rings. The van der Waals surface area contributed by atoms with E-state index in [2.05, 4.69) is 38.8 Å². The van der Waals surface area contributed by atoms with Gasteiger partial charge in [0.2, 0.25) is 35.4 Å². The van der Waals surface area contributed by atoms with E-state index in [0.29, 0.717) is 18.4 Å². The largest absolute Gasteiger partial charge is 0.508 e. The van der Waals surface area contributed by atoms with Gasteiger partial charge in [0.15, 0.2) is 0 Å². The maximum atomic E-state index is 13.9. The number of likely N-dealkylation sites (N-methyl/N-ethyl adjacent to an activating group) is 1. The van der Waals surface area contributed by atoms with Crippen LogP contribution in [0.1, 0.15) is 135 Å². The van der Waals surface area contributed by atoms with Gasteiger partial charge in [-0.25, -0.2) is 0 Å². The Hall–Kier alpha value is -4.94. The minimum atomic E-state index is -1.19. The molecule has 0 saturated carbocycles. The zero-order valence-corrected chi connectivity index (χ0v) is 36.2. The molecule has 0 aromatic heterocycles. The summed E-state index contributed by atoms with van der Waals surface area (Å²) in [5.74, 6) is -2.92. The Bertz CT molecular complexity index is 1550. The first-order valence-electron chi connectivity index (χ1n) is 21.8. The van der Waals surface area contributed by atoms with Crippen LogP contribution in [0.25, 0.3) is 0 Å². The molecule has 0 saturated heterocycles. The Balaban J connectivity index is 2.01. The highest BCUT2D eigenvalue weighted by Crippen LogP contribution is 2.15. The molecule has 0 radical (unpaired) electrons. The van der Waals surface area contributed by atoms with E-state index in [1.165, 1.54) is 83.9 Å². The second-order valence-corrected chi connectivity index (χ2v) is 16.0. The molecule has 328 valence electrons. The SMILES string of the molecule is CCCCCCCCCCCCCCCC(=O)N[C@@H](CC(C)C)C(=O)N[C@@H](C)C(=O)N[C@@H](Cc1ccc(O)cc1)C(=O)NC(Cc1ccccc1)C(=O)NCC(=O)NC. The molecule has 0 heterocycles. The van der Waals surface area contributed by atoms with Gasteiger partial charge in [-0.15, -0.1) is 0 Å². The lowest BCUT2D eigenvalue weighted by Gasteiger charge is -2.26. The fourth-order valence-electron chi connectivity index (χ4n) is 6.74. The van der Waals surface area contributed by atoms with Gasteiger partial charge >= 0.3 is 0 Å². The van der Waals surface area contributed by atoms with Crippen LogP contribution in [0.2, 0.25) is 0 Å². The third kappa shape index (κ3) is 22.1. The highest BCUT2D eigenvalue weighted by Gasteiger charge is 2.30. The normalized spacial score (nSPS) is 13.1. The van der Waals surface area contributed by atoms with Crippen molar-refractivity contribution in [3.63, 3.8) is 0 Å². The maximum Gasteiger partial charge on any atom is 0.243 e. The van der Waals surface area contributed by atoms with Gasteiger partial charge in [-0.3, -0.25) is 28.8 Å². The van der Waals surface area contributed by atoms with Crippen molar-refractivity contribution in [3.8, 4) is 5.75 Å². The van der Waals surface area contributed by atoms with Gasteiger partial charge in [-0.2, -0.15) is 0 Å². The molecule has 59 heavy (non-hydrogen) atoms. The molecule has 0 aliphatic heterocycles. The number of rotatable bonds is 30. The number of benzene rings is 2. The summed E-state index contributed by atoms with van der Waals surface area (Å²) in [6, 6.07) is 11.0. The average molecular weight is 821 g/mol. The number of hydrogen-bond acceptors (Lipinski definition) is 7. The number of hydrogen-bond donors (Lipinski definition) is 7. The summed E-state index contributed by atoms with van der Waals surface area (Å²) in [5.41, 5.74) is 1.38. The van der Waals surface area contributed by atoms with Crippen LogP contribution in [0.4, 0.5) is 0 Å². The number of nitrogens with one attached hydrogen (secondary N) is 6. The molecule has 0 bridgehead atoms. The van der Waals surface area contributed by atoms with E-state index in [1.54, 1.807) is 36.4 Å². The molecule has 7 N–H and O–H groups in total. The summed E-state index contributed by atoms with van der Waals surface area (Å²) in [6.07, 6.45) is 16.5. The van der Waals surface area contributed by atoms with Crippen LogP contribution in [0.15, 0.2) is 54.6 Å². The molecule has 0 fully saturated rings. The number of unbranched alkanes of at least 4 members (excludes halogenated alkanes) is 12. The lowest BCUT2D eigenvalue weighted by Crippen LogP contribution is -2.58. The predicted octanol–water partition coefficient (Wildman–Crippen LogP) is 5.53. The second-order valence-electron chi connectivity index (χ2n) is 16.0. The van der Waals surface area contributed by atoms with Crippen molar-refractivity contribution in [2.24, 2.45) is 5.92 Å². The highest BCUT2D eigenvalue weighted by molar-refractivity contribution is 5.96. The molecule has 13 nitrogen and oxygen atoms in total. The van der Waals surface area contributed by atoms with Crippen LogP contribution in [0.3, 0.4) is 0 Å². The average Bonchev–Trinajstić information content (AvgIpc) is 3.21. The van der Waals surface area contributed by atoms with E-state index in [-0.39, 0.29) is 37.0 Å². The fraction of sp³-hybridized carbons (Fsp3) is 0.609. The van der Waals surface area contributed by atoms with Crippen LogP contribution >= 0.6 is 0 Å². The second kappa shape index (κ2) is 29.3. The van der Waals surface area contributed by atoms with Crippen LogP contribution < -0.4 is 31.9 Å². The number of carbonyl (C=O) groups excluding carboxylic acids is 6. The van der Waals surface area contributed by atoms with E-state index in [0.717, 1.165) is 31.2 Å². The first-order chi connectivity index (χ1) is 28.3. The molecule has 2 rings (SSSR count). The summed E-state index contributed by atoms with van der Waals surface area (Å²) in [5, 5.41) is 25.9. The molecule has 0 spiro atoms. The standard InChI is InChI=1S/C46H72N6O7/c1-6-7-8-9-10-11-12-13-14-15-16-17-21-24-41(54)50-38(29-33(2)3)45(58)49-34(4)43(56)51-40(31-36-25-27-37(53)28-26-36)46(59)52-39(30-35-22-19-18-20-23-35)44(57)48-32-42(55)47-5/h18-20,22-23,25-28,33-34,38-40,53H,6-17,21,24,29-32H2,1-5H3,(H,47,55)(H,48,57)(H,49,58)(H,50,54)(H,51,56)(H,52,59)/t34-,38-,39?,40-/m0/s1. The van der Waals surface area contributed by atoms with E-state index in [1.807, 2.05) is 19.9 Å². The minimum Gasteiger partial charge on any atom is -0.508 e. The molecule has 6 amide bonds. The van der Waals surface area contributed by atoms with Crippen LogP contribution in [-0.4, -0.2) is 78.3 Å². The topological polar surface area (TPSA) is 195 Å². The van der Waals surface area contributed by atoms with E-state index >= 15 is 0 Å².